The van der Waals surface area contributed by atoms with Crippen LogP contribution in [-0.4, -0.2) is 26.2 Å². The number of nitrogens with one attached hydrogen (secondary N) is 1. The molecule has 0 saturated heterocycles. The molecule has 100 valence electrons. The highest BCUT2D eigenvalue weighted by Gasteiger charge is 2.13. The molecular formula is C13H18FNO3. The zero-order chi connectivity index (χ0) is 13.5. The Morgan fingerprint density at radius 1 is 1.50 bits per heavy atom. The van der Waals surface area contributed by atoms with E-state index < -0.39 is 5.82 Å². The minimum atomic E-state index is -0.415. The largest absolute Gasteiger partial charge is 0.494 e. The molecule has 0 bridgehead atoms. The molecule has 0 aromatic heterocycles. The fourth-order valence-electron chi connectivity index (χ4n) is 1.41. The molecule has 1 aromatic carbocycles. The Hall–Kier alpha value is -1.78. The molecule has 0 fully saturated rings. The fourth-order valence-corrected chi connectivity index (χ4v) is 1.41. The van der Waals surface area contributed by atoms with E-state index in [9.17, 15) is 9.18 Å². The van der Waals surface area contributed by atoms with Crippen molar-refractivity contribution in [2.45, 2.75) is 13.8 Å². The van der Waals surface area contributed by atoms with Crippen LogP contribution in [0.25, 0.3) is 0 Å². The Bertz CT molecular complexity index is 409. The van der Waals surface area contributed by atoms with Gasteiger partial charge in [-0.05, 0) is 19.1 Å². The van der Waals surface area contributed by atoms with Gasteiger partial charge in [-0.3, -0.25) is 4.79 Å². The summed E-state index contributed by atoms with van der Waals surface area (Å²) in [6.45, 7) is 4.33. The first-order chi connectivity index (χ1) is 8.58. The van der Waals surface area contributed by atoms with Gasteiger partial charge in [-0.1, -0.05) is 6.92 Å². The molecule has 1 unspecified atom stereocenters. The minimum absolute atomic E-state index is 0.170. The van der Waals surface area contributed by atoms with E-state index in [1.165, 1.54) is 13.2 Å². The van der Waals surface area contributed by atoms with E-state index in [-0.39, 0.29) is 17.6 Å². The van der Waals surface area contributed by atoms with Gasteiger partial charge >= 0.3 is 5.97 Å². The molecule has 0 saturated carbocycles. The van der Waals surface area contributed by atoms with Crippen molar-refractivity contribution >= 4 is 11.7 Å². The van der Waals surface area contributed by atoms with Crippen molar-refractivity contribution in [3.05, 3.63) is 24.0 Å². The normalized spacial score (nSPS) is 11.8. The van der Waals surface area contributed by atoms with Gasteiger partial charge in [-0.15, -0.1) is 0 Å². The van der Waals surface area contributed by atoms with E-state index in [0.29, 0.717) is 18.8 Å². The average Bonchev–Trinajstić information content (AvgIpc) is 2.37. The topological polar surface area (TPSA) is 47.6 Å². The lowest BCUT2D eigenvalue weighted by atomic mass is 10.2. The molecule has 1 atom stereocenters. The zero-order valence-electron chi connectivity index (χ0n) is 10.8. The summed E-state index contributed by atoms with van der Waals surface area (Å²) in [5.74, 6) is -0.759. The van der Waals surface area contributed by atoms with Gasteiger partial charge in [0.2, 0.25) is 0 Å². The van der Waals surface area contributed by atoms with Gasteiger partial charge in [-0.25, -0.2) is 4.39 Å². The van der Waals surface area contributed by atoms with Crippen LogP contribution in [0, 0.1) is 11.7 Å². The maximum atomic E-state index is 13.2. The molecule has 18 heavy (non-hydrogen) atoms. The van der Waals surface area contributed by atoms with Crippen molar-refractivity contribution in [3.63, 3.8) is 0 Å². The maximum Gasteiger partial charge on any atom is 0.310 e. The number of carbonyl (C=O) groups excluding carboxylic acids is 1. The van der Waals surface area contributed by atoms with E-state index in [2.05, 4.69) is 5.32 Å². The predicted molar refractivity (Wildman–Crippen MR) is 67.2 cm³/mol. The number of hydrogen-bond acceptors (Lipinski definition) is 4. The van der Waals surface area contributed by atoms with E-state index in [1.54, 1.807) is 26.0 Å². The smallest absolute Gasteiger partial charge is 0.310 e. The summed E-state index contributed by atoms with van der Waals surface area (Å²) < 4.78 is 22.9. The van der Waals surface area contributed by atoms with Gasteiger partial charge < -0.3 is 14.8 Å². The number of methoxy groups -OCH3 is 1. The Morgan fingerprint density at radius 3 is 2.83 bits per heavy atom. The zero-order valence-corrected chi connectivity index (χ0v) is 10.8. The molecule has 0 heterocycles. The molecule has 5 heteroatoms. The Labute approximate surface area is 106 Å². The summed E-state index contributed by atoms with van der Waals surface area (Å²) in [6, 6.07) is 4.46. The summed E-state index contributed by atoms with van der Waals surface area (Å²) >= 11 is 0. The van der Waals surface area contributed by atoms with Crippen LogP contribution in [0.4, 0.5) is 10.1 Å². The monoisotopic (exact) mass is 255 g/mol. The van der Waals surface area contributed by atoms with Gasteiger partial charge in [0.15, 0.2) is 11.6 Å². The summed E-state index contributed by atoms with van der Waals surface area (Å²) in [6.07, 6.45) is 0. The number of anilines is 1. The van der Waals surface area contributed by atoms with Crippen molar-refractivity contribution in [1.29, 1.82) is 0 Å². The third-order valence-electron chi connectivity index (χ3n) is 2.45. The highest BCUT2D eigenvalue weighted by molar-refractivity contribution is 5.72. The molecule has 1 aromatic rings. The predicted octanol–water partition coefficient (Wildman–Crippen LogP) is 2.45. The lowest BCUT2D eigenvalue weighted by molar-refractivity contribution is -0.146. The second-order valence-electron chi connectivity index (χ2n) is 3.88. The summed E-state index contributed by atoms with van der Waals surface area (Å²) in [5.41, 5.74) is 0.699. The van der Waals surface area contributed by atoms with Gasteiger partial charge in [-0.2, -0.15) is 0 Å². The Kier molecular flexibility index (Phi) is 5.42. The molecule has 0 amide bonds. The quantitative estimate of drug-likeness (QED) is 0.793. The number of esters is 1. The van der Waals surface area contributed by atoms with Crippen LogP contribution in [0.3, 0.4) is 0 Å². The van der Waals surface area contributed by atoms with Crippen LogP contribution in [0.15, 0.2) is 18.2 Å². The number of ether oxygens (including phenoxy) is 2. The van der Waals surface area contributed by atoms with Crippen LogP contribution in [0.2, 0.25) is 0 Å². The first-order valence-corrected chi connectivity index (χ1v) is 5.82. The highest BCUT2D eigenvalue weighted by Crippen LogP contribution is 2.21. The molecule has 0 aliphatic rings. The minimum Gasteiger partial charge on any atom is -0.494 e. The van der Waals surface area contributed by atoms with Crippen molar-refractivity contribution in [2.75, 3.05) is 25.6 Å². The first-order valence-electron chi connectivity index (χ1n) is 5.82. The summed E-state index contributed by atoms with van der Waals surface area (Å²) in [4.78, 5) is 11.4. The summed E-state index contributed by atoms with van der Waals surface area (Å²) in [5, 5.41) is 3.04. The third kappa shape index (κ3) is 3.91. The van der Waals surface area contributed by atoms with E-state index in [4.69, 9.17) is 9.47 Å². The standard InChI is InChI=1S/C13H18FNO3/c1-4-18-13(16)9(2)8-15-10-5-6-11(14)12(7-10)17-3/h5-7,9,15H,4,8H2,1-3H3. The second kappa shape index (κ2) is 6.83. The lowest BCUT2D eigenvalue weighted by Crippen LogP contribution is -2.22. The Morgan fingerprint density at radius 2 is 2.22 bits per heavy atom. The van der Waals surface area contributed by atoms with Crippen LogP contribution >= 0.6 is 0 Å². The van der Waals surface area contributed by atoms with Gasteiger partial charge in [0.05, 0.1) is 19.6 Å². The number of halogens is 1. The number of carbonyl (C=O) groups is 1. The molecule has 0 aliphatic carbocycles. The summed E-state index contributed by atoms with van der Waals surface area (Å²) in [7, 11) is 1.41. The molecule has 0 radical (unpaired) electrons. The van der Waals surface area contributed by atoms with Gasteiger partial charge in [0.25, 0.3) is 0 Å². The number of benzene rings is 1. The molecule has 1 N–H and O–H groups in total. The van der Waals surface area contributed by atoms with E-state index in [0.717, 1.165) is 0 Å². The van der Waals surface area contributed by atoms with Crippen LogP contribution < -0.4 is 10.1 Å². The van der Waals surface area contributed by atoms with Crippen molar-refractivity contribution in [2.24, 2.45) is 5.92 Å². The molecule has 0 spiro atoms. The van der Waals surface area contributed by atoms with Gasteiger partial charge in [0, 0.05) is 18.3 Å². The van der Waals surface area contributed by atoms with Crippen molar-refractivity contribution in [3.8, 4) is 5.75 Å². The van der Waals surface area contributed by atoms with E-state index in [1.807, 2.05) is 0 Å². The fraction of sp³-hybridized carbons (Fsp3) is 0.462. The molecule has 1 rings (SSSR count). The second-order valence-corrected chi connectivity index (χ2v) is 3.88. The average molecular weight is 255 g/mol. The lowest BCUT2D eigenvalue weighted by Gasteiger charge is -2.13. The molecule has 4 nitrogen and oxygen atoms in total. The van der Waals surface area contributed by atoms with Crippen LogP contribution in [-0.2, 0) is 9.53 Å². The first kappa shape index (κ1) is 14.3. The van der Waals surface area contributed by atoms with Crippen LogP contribution in [0.5, 0.6) is 5.75 Å². The number of hydrogen-bond donors (Lipinski definition) is 1. The molecule has 0 aliphatic heterocycles. The third-order valence-corrected chi connectivity index (χ3v) is 2.45. The number of rotatable bonds is 6. The highest BCUT2D eigenvalue weighted by atomic mass is 19.1. The van der Waals surface area contributed by atoms with E-state index >= 15 is 0 Å². The van der Waals surface area contributed by atoms with Gasteiger partial charge in [0.1, 0.15) is 0 Å². The van der Waals surface area contributed by atoms with Crippen LogP contribution in [0.1, 0.15) is 13.8 Å². The molecular weight excluding hydrogens is 237 g/mol. The van der Waals surface area contributed by atoms with Crippen molar-refractivity contribution in [1.82, 2.24) is 0 Å². The Balaban J connectivity index is 2.55. The van der Waals surface area contributed by atoms with Crippen molar-refractivity contribution < 1.29 is 18.7 Å². The maximum absolute atomic E-state index is 13.2. The SMILES string of the molecule is CCOC(=O)C(C)CNc1ccc(F)c(OC)c1.